The van der Waals surface area contributed by atoms with Crippen LogP contribution in [-0.4, -0.2) is 6.61 Å². The normalized spacial score (nSPS) is 10.6. The highest BCUT2D eigenvalue weighted by Crippen LogP contribution is 2.31. The standard InChI is InChI=1S/C26H16F4O/c1-2-31-22-14-24(29)26(25(30)15-22)20-8-7-17(23(28)13-20)5-3-16-4-6-19-12-21(27)10-9-18(19)11-16/h4,6-15H,2H2,1H3. The number of fused-ring (bicyclic) bond motifs is 1. The second-order valence-corrected chi connectivity index (χ2v) is 6.85. The van der Waals surface area contributed by atoms with Crippen molar-refractivity contribution in [3.8, 4) is 28.7 Å². The molecule has 4 aromatic carbocycles. The molecule has 0 saturated carbocycles. The SMILES string of the molecule is CCOc1cc(F)c(-c2ccc(C#Cc3ccc4cc(F)ccc4c3)c(F)c2)c(F)c1. The van der Waals surface area contributed by atoms with Crippen LogP contribution in [0.2, 0.25) is 0 Å². The van der Waals surface area contributed by atoms with Crippen LogP contribution in [0.3, 0.4) is 0 Å². The lowest BCUT2D eigenvalue weighted by molar-refractivity contribution is 0.336. The van der Waals surface area contributed by atoms with E-state index < -0.39 is 17.5 Å². The largest absolute Gasteiger partial charge is 0.494 e. The molecule has 31 heavy (non-hydrogen) atoms. The Hall–Kier alpha value is -3.78. The minimum atomic E-state index is -0.839. The fourth-order valence-corrected chi connectivity index (χ4v) is 3.28. The minimum Gasteiger partial charge on any atom is -0.494 e. The zero-order valence-corrected chi connectivity index (χ0v) is 16.5. The molecule has 4 aromatic rings. The summed E-state index contributed by atoms with van der Waals surface area (Å²) < 4.78 is 61.8. The van der Waals surface area contributed by atoms with Crippen LogP contribution in [0.4, 0.5) is 17.6 Å². The molecule has 154 valence electrons. The number of hydrogen-bond donors (Lipinski definition) is 0. The molecule has 0 fully saturated rings. The summed E-state index contributed by atoms with van der Waals surface area (Å²) in [6.07, 6.45) is 0. The Morgan fingerprint density at radius 2 is 1.42 bits per heavy atom. The van der Waals surface area contributed by atoms with E-state index in [-0.39, 0.29) is 34.9 Å². The van der Waals surface area contributed by atoms with Gasteiger partial charge in [-0.15, -0.1) is 0 Å². The molecule has 0 unspecified atom stereocenters. The number of ether oxygens (including phenoxy) is 1. The van der Waals surface area contributed by atoms with E-state index >= 15 is 0 Å². The third kappa shape index (κ3) is 4.39. The van der Waals surface area contributed by atoms with Crippen LogP contribution in [0.25, 0.3) is 21.9 Å². The summed E-state index contributed by atoms with van der Waals surface area (Å²) in [5, 5.41) is 1.55. The molecule has 1 nitrogen and oxygen atoms in total. The van der Waals surface area contributed by atoms with E-state index in [2.05, 4.69) is 11.8 Å². The van der Waals surface area contributed by atoms with E-state index in [1.165, 1.54) is 24.3 Å². The summed E-state index contributed by atoms with van der Waals surface area (Å²) in [6, 6.07) is 15.6. The van der Waals surface area contributed by atoms with E-state index in [4.69, 9.17) is 4.74 Å². The van der Waals surface area contributed by atoms with Gasteiger partial charge in [0, 0.05) is 17.7 Å². The Labute approximate surface area is 176 Å². The highest BCUT2D eigenvalue weighted by molar-refractivity contribution is 5.84. The quantitative estimate of drug-likeness (QED) is 0.260. The van der Waals surface area contributed by atoms with Crippen molar-refractivity contribution in [1.29, 1.82) is 0 Å². The molecule has 0 N–H and O–H groups in total. The second-order valence-electron chi connectivity index (χ2n) is 6.85. The van der Waals surface area contributed by atoms with E-state index in [0.29, 0.717) is 5.56 Å². The van der Waals surface area contributed by atoms with Crippen molar-refractivity contribution in [3.63, 3.8) is 0 Å². The second kappa shape index (κ2) is 8.53. The van der Waals surface area contributed by atoms with Gasteiger partial charge in [-0.3, -0.25) is 0 Å². The van der Waals surface area contributed by atoms with Crippen molar-refractivity contribution in [2.45, 2.75) is 6.92 Å². The molecule has 0 radical (unpaired) electrons. The Bertz CT molecular complexity index is 1330. The molecule has 0 saturated heterocycles. The van der Waals surface area contributed by atoms with Crippen molar-refractivity contribution >= 4 is 10.8 Å². The maximum atomic E-state index is 14.6. The summed E-state index contributed by atoms with van der Waals surface area (Å²) in [4.78, 5) is 0. The van der Waals surface area contributed by atoms with Crippen molar-refractivity contribution in [2.24, 2.45) is 0 Å². The number of benzene rings is 4. The van der Waals surface area contributed by atoms with Crippen molar-refractivity contribution in [3.05, 3.63) is 101 Å². The molecule has 5 heteroatoms. The van der Waals surface area contributed by atoms with Gasteiger partial charge >= 0.3 is 0 Å². The van der Waals surface area contributed by atoms with Gasteiger partial charge in [0.25, 0.3) is 0 Å². The van der Waals surface area contributed by atoms with Crippen LogP contribution >= 0.6 is 0 Å². The Morgan fingerprint density at radius 3 is 2.13 bits per heavy atom. The summed E-state index contributed by atoms with van der Waals surface area (Å²) in [5.41, 5.74) is 0.457. The van der Waals surface area contributed by atoms with Crippen LogP contribution in [-0.2, 0) is 0 Å². The van der Waals surface area contributed by atoms with Crippen molar-refractivity contribution in [1.82, 2.24) is 0 Å². The Kier molecular flexibility index (Phi) is 5.64. The maximum absolute atomic E-state index is 14.6. The van der Waals surface area contributed by atoms with Gasteiger partial charge in [0.15, 0.2) is 0 Å². The van der Waals surface area contributed by atoms with E-state index in [1.807, 2.05) is 0 Å². The average Bonchev–Trinajstić information content (AvgIpc) is 2.73. The topological polar surface area (TPSA) is 9.23 Å². The average molecular weight is 420 g/mol. The zero-order chi connectivity index (χ0) is 22.0. The molecule has 0 spiro atoms. The lowest BCUT2D eigenvalue weighted by atomic mass is 10.0. The van der Waals surface area contributed by atoms with E-state index in [1.54, 1.807) is 31.2 Å². The monoisotopic (exact) mass is 420 g/mol. The van der Waals surface area contributed by atoms with Crippen LogP contribution in [0, 0.1) is 35.1 Å². The highest BCUT2D eigenvalue weighted by Gasteiger charge is 2.15. The predicted octanol–water partition coefficient (Wildman–Crippen LogP) is 6.86. The van der Waals surface area contributed by atoms with E-state index in [0.717, 1.165) is 29.0 Å². The molecular formula is C26H16F4O. The fourth-order valence-electron chi connectivity index (χ4n) is 3.28. The lowest BCUT2D eigenvalue weighted by Crippen LogP contribution is -1.97. The van der Waals surface area contributed by atoms with Crippen LogP contribution in [0.5, 0.6) is 5.75 Å². The van der Waals surface area contributed by atoms with Gasteiger partial charge in [-0.05, 0) is 59.7 Å². The van der Waals surface area contributed by atoms with Gasteiger partial charge in [0.2, 0.25) is 0 Å². The Morgan fingerprint density at radius 1 is 0.710 bits per heavy atom. The third-order valence-electron chi connectivity index (χ3n) is 4.73. The number of halogens is 4. The number of hydrogen-bond acceptors (Lipinski definition) is 1. The molecule has 0 bridgehead atoms. The zero-order valence-electron chi connectivity index (χ0n) is 16.5. The first-order valence-electron chi connectivity index (χ1n) is 9.57. The summed E-state index contributed by atoms with van der Waals surface area (Å²) in [6.45, 7) is 1.98. The molecule has 0 atom stereocenters. The van der Waals surface area contributed by atoms with Gasteiger partial charge in [-0.1, -0.05) is 30.0 Å². The molecular weight excluding hydrogens is 404 g/mol. The predicted molar refractivity (Wildman–Crippen MR) is 113 cm³/mol. The first-order valence-corrected chi connectivity index (χ1v) is 9.57. The van der Waals surface area contributed by atoms with Gasteiger partial charge in [-0.25, -0.2) is 17.6 Å². The third-order valence-corrected chi connectivity index (χ3v) is 4.73. The van der Waals surface area contributed by atoms with Crippen LogP contribution < -0.4 is 4.74 Å². The summed E-state index contributed by atoms with van der Waals surface area (Å²) >= 11 is 0. The molecule has 0 aromatic heterocycles. The summed E-state index contributed by atoms with van der Waals surface area (Å²) in [7, 11) is 0. The van der Waals surface area contributed by atoms with Crippen molar-refractivity contribution in [2.75, 3.05) is 6.61 Å². The highest BCUT2D eigenvalue weighted by atomic mass is 19.1. The number of rotatable bonds is 3. The van der Waals surface area contributed by atoms with Crippen molar-refractivity contribution < 1.29 is 22.3 Å². The molecule has 0 amide bonds. The van der Waals surface area contributed by atoms with Gasteiger partial charge in [0.05, 0.1) is 17.7 Å². The van der Waals surface area contributed by atoms with Gasteiger partial charge < -0.3 is 4.74 Å². The first-order chi connectivity index (χ1) is 14.9. The first kappa shape index (κ1) is 20.5. The minimum absolute atomic E-state index is 0.0637. The molecule has 4 rings (SSSR count). The Balaban J connectivity index is 1.64. The van der Waals surface area contributed by atoms with E-state index in [9.17, 15) is 17.6 Å². The molecule has 0 aliphatic rings. The molecule has 0 aliphatic heterocycles. The smallest absolute Gasteiger partial charge is 0.139 e. The van der Waals surface area contributed by atoms with Crippen LogP contribution in [0.15, 0.2) is 66.7 Å². The lowest BCUT2D eigenvalue weighted by Gasteiger charge is -2.09. The maximum Gasteiger partial charge on any atom is 0.139 e. The van der Waals surface area contributed by atoms with Crippen LogP contribution in [0.1, 0.15) is 18.1 Å². The molecule has 0 aliphatic carbocycles. The van der Waals surface area contributed by atoms with Gasteiger partial charge in [0.1, 0.15) is 29.0 Å². The fraction of sp³-hybridized carbons (Fsp3) is 0.0769. The summed E-state index contributed by atoms with van der Waals surface area (Å²) in [5.74, 6) is 2.97. The van der Waals surface area contributed by atoms with Gasteiger partial charge in [-0.2, -0.15) is 0 Å². The molecule has 0 heterocycles.